The van der Waals surface area contributed by atoms with E-state index in [-0.39, 0.29) is 0 Å². The zero-order valence-corrected chi connectivity index (χ0v) is 8.74. The van der Waals surface area contributed by atoms with Crippen LogP contribution in [0.4, 0.5) is 0 Å². The minimum Gasteiger partial charge on any atom is -0.497 e. The second kappa shape index (κ2) is 3.77. The number of aryl methyl sites for hydroxylation is 1. The second-order valence-corrected chi connectivity index (χ2v) is 3.27. The standard InChI is InChI=1S/C12H12O3/c1-3-11-10(7-13)9-5-4-8(14-2)6-12(9)15-11/h4-7H,3H2,1-2H3. The third-order valence-corrected chi connectivity index (χ3v) is 2.45. The number of ether oxygens (including phenoxy) is 1. The summed E-state index contributed by atoms with van der Waals surface area (Å²) in [7, 11) is 1.60. The molecule has 0 bridgehead atoms. The highest BCUT2D eigenvalue weighted by atomic mass is 16.5. The van der Waals surface area contributed by atoms with Crippen molar-refractivity contribution in [3.05, 3.63) is 29.5 Å². The van der Waals surface area contributed by atoms with Gasteiger partial charge in [-0.25, -0.2) is 0 Å². The Balaban J connectivity index is 2.70. The van der Waals surface area contributed by atoms with Gasteiger partial charge in [0.2, 0.25) is 0 Å². The van der Waals surface area contributed by atoms with Crippen LogP contribution >= 0.6 is 0 Å². The van der Waals surface area contributed by atoms with Crippen LogP contribution < -0.4 is 4.74 Å². The first-order chi connectivity index (χ1) is 7.30. The quantitative estimate of drug-likeness (QED) is 0.721. The molecule has 0 fully saturated rings. The molecule has 0 atom stereocenters. The molecule has 0 aliphatic carbocycles. The Morgan fingerprint density at radius 1 is 1.47 bits per heavy atom. The van der Waals surface area contributed by atoms with Crippen LogP contribution in [0.1, 0.15) is 23.0 Å². The summed E-state index contributed by atoms with van der Waals surface area (Å²) < 4.78 is 10.7. The SMILES string of the molecule is CCc1oc2cc(OC)ccc2c1C=O. The molecular weight excluding hydrogens is 192 g/mol. The van der Waals surface area contributed by atoms with Crippen LogP contribution in [0.15, 0.2) is 22.6 Å². The van der Waals surface area contributed by atoms with Gasteiger partial charge < -0.3 is 9.15 Å². The van der Waals surface area contributed by atoms with Crippen molar-refractivity contribution >= 4 is 17.3 Å². The number of aldehydes is 1. The average Bonchev–Trinajstić information content (AvgIpc) is 2.65. The molecule has 2 aromatic rings. The van der Waals surface area contributed by atoms with E-state index in [0.29, 0.717) is 17.6 Å². The number of hydrogen-bond acceptors (Lipinski definition) is 3. The molecule has 15 heavy (non-hydrogen) atoms. The van der Waals surface area contributed by atoms with Crippen molar-refractivity contribution < 1.29 is 13.9 Å². The molecule has 0 saturated carbocycles. The Bertz CT molecular complexity index is 497. The minimum absolute atomic E-state index is 0.648. The van der Waals surface area contributed by atoms with E-state index in [1.807, 2.05) is 19.1 Å². The molecule has 78 valence electrons. The molecule has 0 unspecified atom stereocenters. The summed E-state index contributed by atoms with van der Waals surface area (Å²) in [5, 5.41) is 0.850. The van der Waals surface area contributed by atoms with Crippen LogP contribution in [0.2, 0.25) is 0 Å². The van der Waals surface area contributed by atoms with Crippen LogP contribution in [0.5, 0.6) is 5.75 Å². The lowest BCUT2D eigenvalue weighted by molar-refractivity contribution is 0.112. The number of fused-ring (bicyclic) bond motifs is 1. The number of rotatable bonds is 3. The van der Waals surface area contributed by atoms with E-state index in [1.165, 1.54) is 0 Å². The molecule has 0 aliphatic rings. The van der Waals surface area contributed by atoms with Crippen molar-refractivity contribution in [1.29, 1.82) is 0 Å². The zero-order valence-electron chi connectivity index (χ0n) is 8.74. The fourth-order valence-electron chi connectivity index (χ4n) is 1.67. The van der Waals surface area contributed by atoms with E-state index in [1.54, 1.807) is 13.2 Å². The fourth-order valence-corrected chi connectivity index (χ4v) is 1.67. The lowest BCUT2D eigenvalue weighted by Gasteiger charge is -1.97. The summed E-state index contributed by atoms with van der Waals surface area (Å²) in [5.41, 5.74) is 1.35. The number of carbonyl (C=O) groups is 1. The summed E-state index contributed by atoms with van der Waals surface area (Å²) in [4.78, 5) is 10.9. The van der Waals surface area contributed by atoms with Gasteiger partial charge in [0.05, 0.1) is 12.7 Å². The molecule has 0 N–H and O–H groups in total. The van der Waals surface area contributed by atoms with Gasteiger partial charge in [0.25, 0.3) is 0 Å². The van der Waals surface area contributed by atoms with Crippen LogP contribution in [0, 0.1) is 0 Å². The molecule has 0 amide bonds. The van der Waals surface area contributed by atoms with Crippen LogP contribution in [0.3, 0.4) is 0 Å². The molecule has 3 heteroatoms. The maximum Gasteiger partial charge on any atom is 0.154 e. The third kappa shape index (κ3) is 1.50. The summed E-state index contributed by atoms with van der Waals surface area (Å²) >= 11 is 0. The number of methoxy groups -OCH3 is 1. The highest BCUT2D eigenvalue weighted by Gasteiger charge is 2.12. The van der Waals surface area contributed by atoms with Gasteiger partial charge in [-0.2, -0.15) is 0 Å². The molecule has 1 aromatic heterocycles. The molecule has 3 nitrogen and oxygen atoms in total. The monoisotopic (exact) mass is 204 g/mol. The predicted molar refractivity (Wildman–Crippen MR) is 57.5 cm³/mol. The fraction of sp³-hybridized carbons (Fsp3) is 0.250. The van der Waals surface area contributed by atoms with Crippen LogP contribution in [-0.2, 0) is 6.42 Å². The normalized spacial score (nSPS) is 10.5. The average molecular weight is 204 g/mol. The van der Waals surface area contributed by atoms with Gasteiger partial charge in [-0.1, -0.05) is 6.92 Å². The van der Waals surface area contributed by atoms with E-state index < -0.39 is 0 Å². The Morgan fingerprint density at radius 3 is 2.87 bits per heavy atom. The number of carbonyl (C=O) groups excluding carboxylic acids is 1. The first-order valence-electron chi connectivity index (χ1n) is 4.84. The lowest BCUT2D eigenvalue weighted by Crippen LogP contribution is -1.84. The number of furan rings is 1. The topological polar surface area (TPSA) is 39.4 Å². The molecule has 0 aliphatic heterocycles. The van der Waals surface area contributed by atoms with E-state index in [2.05, 4.69) is 0 Å². The van der Waals surface area contributed by atoms with Crippen molar-refractivity contribution in [2.75, 3.05) is 7.11 Å². The smallest absolute Gasteiger partial charge is 0.154 e. The van der Waals surface area contributed by atoms with Gasteiger partial charge in [0.15, 0.2) is 6.29 Å². The minimum atomic E-state index is 0.648. The van der Waals surface area contributed by atoms with Crippen molar-refractivity contribution in [3.63, 3.8) is 0 Å². The van der Waals surface area contributed by atoms with Gasteiger partial charge >= 0.3 is 0 Å². The van der Waals surface area contributed by atoms with Gasteiger partial charge in [-0.15, -0.1) is 0 Å². The number of benzene rings is 1. The van der Waals surface area contributed by atoms with E-state index >= 15 is 0 Å². The second-order valence-electron chi connectivity index (χ2n) is 3.27. The van der Waals surface area contributed by atoms with Crippen molar-refractivity contribution in [3.8, 4) is 5.75 Å². The van der Waals surface area contributed by atoms with Gasteiger partial charge in [0, 0.05) is 17.9 Å². The molecule has 0 radical (unpaired) electrons. The highest BCUT2D eigenvalue weighted by molar-refractivity contribution is 5.97. The summed E-state index contributed by atoms with van der Waals surface area (Å²) in [6, 6.07) is 5.46. The van der Waals surface area contributed by atoms with Gasteiger partial charge in [-0.05, 0) is 12.1 Å². The first-order valence-corrected chi connectivity index (χ1v) is 4.84. The van der Waals surface area contributed by atoms with Crippen molar-refractivity contribution in [1.82, 2.24) is 0 Å². The largest absolute Gasteiger partial charge is 0.497 e. The van der Waals surface area contributed by atoms with Crippen LogP contribution in [-0.4, -0.2) is 13.4 Å². The molecule has 2 rings (SSSR count). The van der Waals surface area contributed by atoms with Crippen molar-refractivity contribution in [2.24, 2.45) is 0 Å². The van der Waals surface area contributed by atoms with Gasteiger partial charge in [-0.3, -0.25) is 4.79 Å². The molecule has 1 heterocycles. The number of hydrogen-bond donors (Lipinski definition) is 0. The van der Waals surface area contributed by atoms with E-state index in [4.69, 9.17) is 9.15 Å². The van der Waals surface area contributed by atoms with Crippen molar-refractivity contribution in [2.45, 2.75) is 13.3 Å². The summed E-state index contributed by atoms with van der Waals surface area (Å²) in [5.74, 6) is 1.46. The predicted octanol–water partition coefficient (Wildman–Crippen LogP) is 2.82. The third-order valence-electron chi connectivity index (χ3n) is 2.45. The molecular formula is C12H12O3. The lowest BCUT2D eigenvalue weighted by atomic mass is 10.1. The Kier molecular flexibility index (Phi) is 2.46. The molecule has 0 saturated heterocycles. The summed E-state index contributed by atoms with van der Waals surface area (Å²) in [6.45, 7) is 1.96. The molecule has 0 spiro atoms. The van der Waals surface area contributed by atoms with Gasteiger partial charge in [0.1, 0.15) is 17.1 Å². The van der Waals surface area contributed by atoms with E-state index in [0.717, 1.165) is 23.2 Å². The maximum absolute atomic E-state index is 10.9. The first kappa shape index (κ1) is 9.77. The Hall–Kier alpha value is -1.77. The molecule has 1 aromatic carbocycles. The maximum atomic E-state index is 10.9. The Morgan fingerprint density at radius 2 is 2.27 bits per heavy atom. The van der Waals surface area contributed by atoms with E-state index in [9.17, 15) is 4.79 Å². The zero-order chi connectivity index (χ0) is 10.8. The Labute approximate surface area is 87.6 Å². The highest BCUT2D eigenvalue weighted by Crippen LogP contribution is 2.28. The van der Waals surface area contributed by atoms with Crippen LogP contribution in [0.25, 0.3) is 11.0 Å². The summed E-state index contributed by atoms with van der Waals surface area (Å²) in [6.07, 6.45) is 1.56.